The van der Waals surface area contributed by atoms with Crippen molar-refractivity contribution < 1.29 is 22.7 Å². The maximum absolute atomic E-state index is 12.3. The first kappa shape index (κ1) is 13.9. The standard InChI is InChI=1S/C11H14F3N3O2/c12-11(13,14)9-3-4-17(16-9)7-10(18)15-6-8-2-1-5-19-8/h3-4,8H,1-2,5-7H2,(H,15,18). The second-order valence-electron chi connectivity index (χ2n) is 4.34. The smallest absolute Gasteiger partial charge is 0.376 e. The Bertz CT molecular complexity index is 439. The number of amides is 1. The molecule has 8 heteroatoms. The Kier molecular flexibility index (Phi) is 4.08. The van der Waals surface area contributed by atoms with Crippen LogP contribution in [0.5, 0.6) is 0 Å². The Morgan fingerprint density at radius 1 is 1.58 bits per heavy atom. The Labute approximate surface area is 107 Å². The van der Waals surface area contributed by atoms with Gasteiger partial charge in [-0.25, -0.2) is 0 Å². The highest BCUT2D eigenvalue weighted by Crippen LogP contribution is 2.27. The molecule has 1 atom stereocenters. The molecule has 1 aromatic rings. The molecule has 1 N–H and O–H groups in total. The third-order valence-electron chi connectivity index (χ3n) is 2.79. The minimum Gasteiger partial charge on any atom is -0.376 e. The quantitative estimate of drug-likeness (QED) is 0.899. The molecule has 1 fully saturated rings. The van der Waals surface area contributed by atoms with Crippen molar-refractivity contribution >= 4 is 5.91 Å². The van der Waals surface area contributed by atoms with Crippen LogP contribution in [0.4, 0.5) is 13.2 Å². The molecule has 0 radical (unpaired) electrons. The minimum absolute atomic E-state index is 0.00677. The number of halogens is 3. The Morgan fingerprint density at radius 3 is 2.95 bits per heavy atom. The van der Waals surface area contributed by atoms with E-state index in [9.17, 15) is 18.0 Å². The highest BCUT2D eigenvalue weighted by molar-refractivity contribution is 5.75. The van der Waals surface area contributed by atoms with E-state index in [-0.39, 0.29) is 18.6 Å². The van der Waals surface area contributed by atoms with E-state index >= 15 is 0 Å². The van der Waals surface area contributed by atoms with Crippen molar-refractivity contribution in [3.8, 4) is 0 Å². The van der Waals surface area contributed by atoms with Gasteiger partial charge in [-0.15, -0.1) is 0 Å². The summed E-state index contributed by atoms with van der Waals surface area (Å²) in [7, 11) is 0. The van der Waals surface area contributed by atoms with E-state index < -0.39 is 11.9 Å². The van der Waals surface area contributed by atoms with Crippen LogP contribution in [0.25, 0.3) is 0 Å². The molecule has 0 aliphatic carbocycles. The van der Waals surface area contributed by atoms with Crippen LogP contribution in [0.2, 0.25) is 0 Å². The topological polar surface area (TPSA) is 56.2 Å². The summed E-state index contributed by atoms with van der Waals surface area (Å²) in [5, 5.41) is 5.92. The lowest BCUT2D eigenvalue weighted by Crippen LogP contribution is -2.34. The highest BCUT2D eigenvalue weighted by atomic mass is 19.4. The van der Waals surface area contributed by atoms with Gasteiger partial charge in [-0.05, 0) is 18.9 Å². The predicted molar refractivity (Wildman–Crippen MR) is 59.2 cm³/mol. The number of rotatable bonds is 4. The Hall–Kier alpha value is -1.57. The van der Waals surface area contributed by atoms with Gasteiger partial charge in [0.2, 0.25) is 5.91 Å². The molecule has 106 valence electrons. The lowest BCUT2D eigenvalue weighted by Gasteiger charge is -2.10. The third kappa shape index (κ3) is 3.95. The van der Waals surface area contributed by atoms with Gasteiger partial charge >= 0.3 is 6.18 Å². The summed E-state index contributed by atoms with van der Waals surface area (Å²) in [4.78, 5) is 11.5. The summed E-state index contributed by atoms with van der Waals surface area (Å²) in [6.07, 6.45) is -1.49. The molecule has 0 saturated carbocycles. The number of alkyl halides is 3. The molecule has 0 aromatic carbocycles. The zero-order valence-electron chi connectivity index (χ0n) is 10.1. The average molecular weight is 277 g/mol. The molecule has 1 aromatic heterocycles. The number of carbonyl (C=O) groups excluding carboxylic acids is 1. The van der Waals surface area contributed by atoms with Crippen molar-refractivity contribution in [2.75, 3.05) is 13.2 Å². The fourth-order valence-electron chi connectivity index (χ4n) is 1.84. The fourth-order valence-corrected chi connectivity index (χ4v) is 1.84. The molecule has 19 heavy (non-hydrogen) atoms. The van der Waals surface area contributed by atoms with Crippen molar-refractivity contribution in [2.24, 2.45) is 0 Å². The minimum atomic E-state index is -4.49. The van der Waals surface area contributed by atoms with Crippen LogP contribution in [0.1, 0.15) is 18.5 Å². The molecule has 2 heterocycles. The number of hydrogen-bond donors (Lipinski definition) is 1. The number of nitrogens with zero attached hydrogens (tertiary/aromatic N) is 2. The number of carbonyl (C=O) groups is 1. The largest absolute Gasteiger partial charge is 0.435 e. The summed E-state index contributed by atoms with van der Waals surface area (Å²) in [6.45, 7) is 0.837. The SMILES string of the molecule is O=C(Cn1ccc(C(F)(F)F)n1)NCC1CCCO1. The van der Waals surface area contributed by atoms with Crippen LogP contribution in [0, 0.1) is 0 Å². The molecule has 5 nitrogen and oxygen atoms in total. The molecular weight excluding hydrogens is 263 g/mol. The van der Waals surface area contributed by atoms with Gasteiger partial charge in [0.05, 0.1) is 6.10 Å². The van der Waals surface area contributed by atoms with Crippen molar-refractivity contribution in [1.29, 1.82) is 0 Å². The summed E-state index contributed by atoms with van der Waals surface area (Å²) >= 11 is 0. The van der Waals surface area contributed by atoms with Crippen LogP contribution in [0.3, 0.4) is 0 Å². The number of nitrogens with one attached hydrogen (secondary N) is 1. The summed E-state index contributed by atoms with van der Waals surface area (Å²) in [5.41, 5.74) is -1.00. The average Bonchev–Trinajstić information content (AvgIpc) is 2.95. The first-order chi connectivity index (χ1) is 8.95. The van der Waals surface area contributed by atoms with E-state index in [1.54, 1.807) is 0 Å². The summed E-state index contributed by atoms with van der Waals surface area (Å²) < 4.78 is 43.2. The van der Waals surface area contributed by atoms with Crippen LogP contribution < -0.4 is 5.32 Å². The summed E-state index contributed by atoms with van der Waals surface area (Å²) in [5.74, 6) is -0.382. The van der Waals surface area contributed by atoms with Crippen LogP contribution >= 0.6 is 0 Å². The first-order valence-electron chi connectivity index (χ1n) is 5.94. The number of aromatic nitrogens is 2. The first-order valence-corrected chi connectivity index (χ1v) is 5.94. The van der Waals surface area contributed by atoms with Gasteiger partial charge in [0.15, 0.2) is 5.69 Å². The molecular formula is C11H14F3N3O2. The van der Waals surface area contributed by atoms with E-state index in [0.717, 1.165) is 29.8 Å². The molecule has 1 saturated heterocycles. The molecule has 1 aliphatic rings. The fraction of sp³-hybridized carbons (Fsp3) is 0.636. The maximum Gasteiger partial charge on any atom is 0.435 e. The van der Waals surface area contributed by atoms with Gasteiger partial charge < -0.3 is 10.1 Å². The van der Waals surface area contributed by atoms with Gasteiger partial charge in [-0.1, -0.05) is 0 Å². The highest BCUT2D eigenvalue weighted by Gasteiger charge is 2.33. The van der Waals surface area contributed by atoms with Gasteiger partial charge in [-0.3, -0.25) is 9.48 Å². The molecule has 0 bridgehead atoms. The zero-order chi connectivity index (χ0) is 13.9. The van der Waals surface area contributed by atoms with Crippen LogP contribution in [-0.4, -0.2) is 34.9 Å². The third-order valence-corrected chi connectivity index (χ3v) is 2.79. The Balaban J connectivity index is 1.80. The van der Waals surface area contributed by atoms with Crippen molar-refractivity contribution in [3.63, 3.8) is 0 Å². The lowest BCUT2D eigenvalue weighted by atomic mass is 10.2. The number of ether oxygens (including phenoxy) is 1. The van der Waals surface area contributed by atoms with E-state index in [1.807, 2.05) is 0 Å². The number of hydrogen-bond acceptors (Lipinski definition) is 3. The molecule has 2 rings (SSSR count). The van der Waals surface area contributed by atoms with Gasteiger partial charge in [0.1, 0.15) is 6.54 Å². The maximum atomic E-state index is 12.3. The van der Waals surface area contributed by atoms with E-state index in [2.05, 4.69) is 10.4 Å². The van der Waals surface area contributed by atoms with Gasteiger partial charge in [0, 0.05) is 19.3 Å². The van der Waals surface area contributed by atoms with Crippen LogP contribution in [0.15, 0.2) is 12.3 Å². The van der Waals surface area contributed by atoms with Crippen LogP contribution in [-0.2, 0) is 22.3 Å². The van der Waals surface area contributed by atoms with E-state index in [4.69, 9.17) is 4.74 Å². The second kappa shape index (κ2) is 5.60. The zero-order valence-corrected chi connectivity index (χ0v) is 10.1. The van der Waals surface area contributed by atoms with Crippen molar-refractivity contribution in [1.82, 2.24) is 15.1 Å². The molecule has 1 amide bonds. The van der Waals surface area contributed by atoms with Gasteiger partial charge in [0.25, 0.3) is 0 Å². The van der Waals surface area contributed by atoms with E-state index in [1.165, 1.54) is 0 Å². The Morgan fingerprint density at radius 2 is 2.37 bits per heavy atom. The normalized spacial score (nSPS) is 19.6. The van der Waals surface area contributed by atoms with E-state index in [0.29, 0.717) is 13.2 Å². The monoisotopic (exact) mass is 277 g/mol. The molecule has 0 spiro atoms. The van der Waals surface area contributed by atoms with Gasteiger partial charge in [-0.2, -0.15) is 18.3 Å². The van der Waals surface area contributed by atoms with Crippen molar-refractivity contribution in [2.45, 2.75) is 31.7 Å². The molecule has 1 aliphatic heterocycles. The lowest BCUT2D eigenvalue weighted by molar-refractivity contribution is -0.141. The predicted octanol–water partition coefficient (Wildman–Crippen LogP) is 1.20. The molecule has 1 unspecified atom stereocenters. The summed E-state index contributed by atoms with van der Waals surface area (Å²) in [6, 6.07) is 0.841. The van der Waals surface area contributed by atoms with Crippen molar-refractivity contribution in [3.05, 3.63) is 18.0 Å². The second-order valence-corrected chi connectivity index (χ2v) is 4.34.